The number of benzene rings is 2. The highest BCUT2D eigenvalue weighted by Gasteiger charge is 2.21. The molecule has 10 nitrogen and oxygen atoms in total. The van der Waals surface area contributed by atoms with Crippen molar-refractivity contribution in [1.82, 2.24) is 21.7 Å². The van der Waals surface area contributed by atoms with Gasteiger partial charge in [-0.25, -0.2) is 0 Å². The monoisotopic (exact) mass is 722 g/mol. The molecule has 0 radical (unpaired) electrons. The quantitative estimate of drug-likeness (QED) is 0.0445. The van der Waals surface area contributed by atoms with Crippen LogP contribution >= 0.6 is 0 Å². The second-order valence-electron chi connectivity index (χ2n) is 14.2. The third-order valence-electron chi connectivity index (χ3n) is 9.91. The third-order valence-corrected chi connectivity index (χ3v) is 9.91. The Hall–Kier alpha value is -4.08. The Morgan fingerprint density at radius 2 is 0.962 bits per heavy atom. The van der Waals surface area contributed by atoms with Crippen LogP contribution in [0, 0.1) is 11.8 Å². The van der Waals surface area contributed by atoms with Gasteiger partial charge in [-0.2, -0.15) is 0 Å². The molecule has 2 atom stereocenters. The Labute approximate surface area is 312 Å². The van der Waals surface area contributed by atoms with Crippen molar-refractivity contribution in [3.05, 3.63) is 58.7 Å². The predicted molar refractivity (Wildman–Crippen MR) is 208 cm³/mol. The third kappa shape index (κ3) is 16.1. The van der Waals surface area contributed by atoms with Crippen LogP contribution in [-0.2, 0) is 22.4 Å². The molecule has 0 heterocycles. The van der Waals surface area contributed by atoms with Crippen LogP contribution in [0.1, 0.15) is 175 Å². The lowest BCUT2D eigenvalue weighted by Crippen LogP contribution is -2.44. The lowest BCUT2D eigenvalue weighted by molar-refractivity contribution is -0.126. The first-order valence-corrected chi connectivity index (χ1v) is 20.0. The molecule has 4 amide bonds. The Morgan fingerprint density at radius 1 is 0.538 bits per heavy atom. The number of amides is 4. The van der Waals surface area contributed by atoms with Gasteiger partial charge in [0.15, 0.2) is 0 Å². The van der Waals surface area contributed by atoms with Gasteiger partial charge in [0.1, 0.15) is 11.5 Å². The zero-order valence-electron chi connectivity index (χ0n) is 32.3. The minimum atomic E-state index is -0.533. The van der Waals surface area contributed by atoms with Crippen molar-refractivity contribution in [3.8, 4) is 11.5 Å². The van der Waals surface area contributed by atoms with Crippen LogP contribution < -0.4 is 21.7 Å². The molecule has 2 unspecified atom stereocenters. The summed E-state index contributed by atoms with van der Waals surface area (Å²) in [4.78, 5) is 51.6. The van der Waals surface area contributed by atoms with Gasteiger partial charge < -0.3 is 10.2 Å². The first kappa shape index (κ1) is 44.1. The molecule has 2 aromatic rings. The largest absolute Gasteiger partial charge is 0.507 e. The van der Waals surface area contributed by atoms with Crippen molar-refractivity contribution in [1.29, 1.82) is 0 Å². The van der Waals surface area contributed by atoms with Gasteiger partial charge in [-0.05, 0) is 68.2 Å². The number of phenolic OH excluding ortho intramolecular Hbond substituents is 2. The summed E-state index contributed by atoms with van der Waals surface area (Å²) >= 11 is 0. The van der Waals surface area contributed by atoms with Crippen LogP contribution in [0.2, 0.25) is 0 Å². The molecule has 6 N–H and O–H groups in total. The number of aromatic hydroxyl groups is 2. The highest BCUT2D eigenvalue weighted by Crippen LogP contribution is 2.25. The first-order valence-electron chi connectivity index (χ1n) is 20.0. The number of hydrogen-bond donors (Lipinski definition) is 6. The van der Waals surface area contributed by atoms with Crippen LogP contribution in [0.5, 0.6) is 11.5 Å². The second kappa shape index (κ2) is 25.8. The summed E-state index contributed by atoms with van der Waals surface area (Å²) in [5.74, 6) is -2.47. The molecular weight excluding hydrogens is 656 g/mol. The molecule has 0 saturated carbocycles. The Morgan fingerprint density at radius 3 is 1.44 bits per heavy atom. The summed E-state index contributed by atoms with van der Waals surface area (Å²) in [7, 11) is 0. The van der Waals surface area contributed by atoms with E-state index < -0.39 is 11.8 Å². The fourth-order valence-electron chi connectivity index (χ4n) is 6.56. The maximum Gasteiger partial charge on any atom is 0.273 e. The van der Waals surface area contributed by atoms with Crippen molar-refractivity contribution in [2.75, 3.05) is 0 Å². The molecule has 0 aliphatic carbocycles. The summed E-state index contributed by atoms with van der Waals surface area (Å²) in [6.45, 7) is 8.10. The van der Waals surface area contributed by atoms with Crippen molar-refractivity contribution < 1.29 is 29.4 Å². The minimum absolute atomic E-state index is 0.101. The van der Waals surface area contributed by atoms with Gasteiger partial charge >= 0.3 is 0 Å². The Bertz CT molecular complexity index is 1380. The van der Waals surface area contributed by atoms with Gasteiger partial charge in [0.25, 0.3) is 11.8 Å². The summed E-state index contributed by atoms with van der Waals surface area (Å²) in [6.07, 6.45) is 19.1. The molecule has 10 heteroatoms. The van der Waals surface area contributed by atoms with E-state index in [1.165, 1.54) is 50.7 Å². The molecule has 290 valence electrons. The van der Waals surface area contributed by atoms with Gasteiger partial charge in [0.05, 0.1) is 11.1 Å². The fraction of sp³-hybridized carbons (Fsp3) is 0.619. The molecular formula is C42H66N4O6. The standard InChI is InChI=1S/C42H66N4O6/c1-5-8-10-12-14-18-25-33-27-21-29-35(47)37(33)41(51)45-43-39(49)31(4)23-17-16-20-24-32(7-3)40(50)44-46-42(52)38-34(28-22-30-36(38)48)26-19-15-13-11-9-6-2/h21-22,27-32,47-48H,5-20,23-26H2,1-4H3,(H,43,49)(H,44,50)(H,45,51)(H,46,52). The van der Waals surface area contributed by atoms with E-state index in [0.717, 1.165) is 68.9 Å². The second-order valence-corrected chi connectivity index (χ2v) is 14.2. The Kier molecular flexibility index (Phi) is 21.9. The van der Waals surface area contributed by atoms with Crippen molar-refractivity contribution in [3.63, 3.8) is 0 Å². The first-order chi connectivity index (χ1) is 25.1. The lowest BCUT2D eigenvalue weighted by Gasteiger charge is -2.17. The van der Waals surface area contributed by atoms with Crippen molar-refractivity contribution >= 4 is 23.6 Å². The lowest BCUT2D eigenvalue weighted by atomic mass is 9.96. The van der Waals surface area contributed by atoms with Gasteiger partial charge in [-0.15, -0.1) is 0 Å². The molecule has 0 saturated heterocycles. The molecule has 0 aliphatic heterocycles. The zero-order chi connectivity index (χ0) is 38.1. The average Bonchev–Trinajstić information content (AvgIpc) is 3.13. The van der Waals surface area contributed by atoms with E-state index in [0.29, 0.717) is 32.1 Å². The van der Waals surface area contributed by atoms with E-state index in [1.54, 1.807) is 19.1 Å². The number of phenols is 2. The van der Waals surface area contributed by atoms with E-state index in [4.69, 9.17) is 0 Å². The van der Waals surface area contributed by atoms with Crippen LogP contribution in [0.4, 0.5) is 0 Å². The smallest absolute Gasteiger partial charge is 0.273 e. The number of unbranched alkanes of at least 4 members (excludes halogenated alkanes) is 12. The number of carbonyl (C=O) groups excluding carboxylic acids is 4. The molecule has 0 bridgehead atoms. The molecule has 2 aromatic carbocycles. The summed E-state index contributed by atoms with van der Waals surface area (Å²) in [5, 5.41) is 20.9. The van der Waals surface area contributed by atoms with E-state index >= 15 is 0 Å². The molecule has 0 fully saturated rings. The summed E-state index contributed by atoms with van der Waals surface area (Å²) < 4.78 is 0. The highest BCUT2D eigenvalue weighted by molar-refractivity contribution is 6.00. The number of carbonyl (C=O) groups is 4. The molecule has 0 spiro atoms. The SMILES string of the molecule is CCCCCCCCc1cccc(O)c1C(=O)NNC(=O)C(C)CCCCCC(CC)C(=O)NNC(=O)c1c(O)cccc1CCCCCCCC. The molecule has 0 aromatic heterocycles. The van der Waals surface area contributed by atoms with Gasteiger partial charge in [-0.3, -0.25) is 40.9 Å². The fourth-order valence-corrected chi connectivity index (χ4v) is 6.56. The van der Waals surface area contributed by atoms with E-state index in [9.17, 15) is 29.4 Å². The van der Waals surface area contributed by atoms with Crippen LogP contribution in [0.25, 0.3) is 0 Å². The van der Waals surface area contributed by atoms with E-state index in [-0.39, 0.29) is 46.3 Å². The zero-order valence-corrected chi connectivity index (χ0v) is 32.3. The summed E-state index contributed by atoms with van der Waals surface area (Å²) in [6, 6.07) is 10.1. The van der Waals surface area contributed by atoms with Crippen LogP contribution in [0.15, 0.2) is 36.4 Å². The number of nitrogens with one attached hydrogen (secondary N) is 4. The number of hydrogen-bond acceptors (Lipinski definition) is 6. The average molecular weight is 723 g/mol. The Balaban J connectivity index is 1.73. The van der Waals surface area contributed by atoms with Gasteiger partial charge in [0, 0.05) is 11.8 Å². The molecule has 2 rings (SSSR count). The van der Waals surface area contributed by atoms with Crippen LogP contribution in [0.3, 0.4) is 0 Å². The van der Waals surface area contributed by atoms with Crippen LogP contribution in [-0.4, -0.2) is 33.8 Å². The van der Waals surface area contributed by atoms with Crippen molar-refractivity contribution in [2.24, 2.45) is 11.8 Å². The molecule has 52 heavy (non-hydrogen) atoms. The maximum atomic E-state index is 13.0. The van der Waals surface area contributed by atoms with Gasteiger partial charge in [0.2, 0.25) is 11.8 Å². The number of hydrazine groups is 2. The number of aryl methyl sites for hydroxylation is 2. The van der Waals surface area contributed by atoms with E-state index in [2.05, 4.69) is 35.6 Å². The van der Waals surface area contributed by atoms with Gasteiger partial charge in [-0.1, -0.05) is 135 Å². The topological polar surface area (TPSA) is 157 Å². The highest BCUT2D eigenvalue weighted by atomic mass is 16.3. The minimum Gasteiger partial charge on any atom is -0.507 e. The number of rotatable bonds is 25. The molecule has 0 aliphatic rings. The maximum absolute atomic E-state index is 13.0. The normalized spacial score (nSPS) is 12.2. The summed E-state index contributed by atoms with van der Waals surface area (Å²) in [5.41, 5.74) is 12.0. The van der Waals surface area contributed by atoms with Crippen molar-refractivity contribution in [2.45, 2.75) is 156 Å². The van der Waals surface area contributed by atoms with E-state index in [1.807, 2.05) is 19.1 Å². The predicted octanol–water partition coefficient (Wildman–Crippen LogP) is 8.74.